The molecule has 0 atom stereocenters. The minimum absolute atomic E-state index is 0.0563. The predicted octanol–water partition coefficient (Wildman–Crippen LogP) is 0.235. The molecule has 2 heterocycles. The van der Waals surface area contributed by atoms with Crippen molar-refractivity contribution >= 4 is 27.6 Å². The van der Waals surface area contributed by atoms with Crippen LogP contribution in [0, 0.1) is 0 Å². The summed E-state index contributed by atoms with van der Waals surface area (Å²) in [5, 5.41) is 8.79. The van der Waals surface area contributed by atoms with Gasteiger partial charge >= 0.3 is 5.97 Å². The zero-order valence-electron chi connectivity index (χ0n) is 9.61. The van der Waals surface area contributed by atoms with E-state index in [2.05, 4.69) is 4.98 Å². The Balaban J connectivity index is 2.50. The lowest BCUT2D eigenvalue weighted by atomic mass is 10.1. The molecule has 1 amide bonds. The van der Waals surface area contributed by atoms with Gasteiger partial charge in [-0.1, -0.05) is 0 Å². The summed E-state index contributed by atoms with van der Waals surface area (Å²) in [6.07, 6.45) is 2.21. The number of aromatic carboxylic acids is 1. The van der Waals surface area contributed by atoms with E-state index in [4.69, 9.17) is 5.11 Å². The van der Waals surface area contributed by atoms with Crippen molar-refractivity contribution in [2.45, 2.75) is 18.6 Å². The van der Waals surface area contributed by atoms with Gasteiger partial charge in [0.05, 0.1) is 17.4 Å². The van der Waals surface area contributed by atoms with Gasteiger partial charge in [0.1, 0.15) is 0 Å². The van der Waals surface area contributed by atoms with Crippen molar-refractivity contribution in [2.24, 2.45) is 0 Å². The van der Waals surface area contributed by atoms with Crippen LogP contribution >= 0.6 is 0 Å². The number of hydrogen-bond acceptors (Lipinski definition) is 5. The quantitative estimate of drug-likeness (QED) is 0.825. The standard InChI is InChI=1S/C10H10N2O5S/c1-10(2)9(15)12(18(10,16)17)7-3-6(8(13)14)4-11-5-7/h3-5H,1-2H3,(H,13,14). The van der Waals surface area contributed by atoms with Gasteiger partial charge in [-0.15, -0.1) is 0 Å². The third kappa shape index (κ3) is 1.42. The summed E-state index contributed by atoms with van der Waals surface area (Å²) < 4.78 is 22.9. The molecule has 18 heavy (non-hydrogen) atoms. The maximum atomic E-state index is 11.9. The lowest BCUT2D eigenvalue weighted by Gasteiger charge is -2.42. The van der Waals surface area contributed by atoms with Gasteiger partial charge in [0, 0.05) is 6.20 Å². The number of sulfonamides is 1. The van der Waals surface area contributed by atoms with Crippen molar-refractivity contribution in [3.8, 4) is 0 Å². The second-order valence-electron chi connectivity index (χ2n) is 4.32. The van der Waals surface area contributed by atoms with Gasteiger partial charge in [0.25, 0.3) is 15.9 Å². The molecular formula is C10H10N2O5S. The monoisotopic (exact) mass is 270 g/mol. The molecule has 7 nitrogen and oxygen atoms in total. The normalized spacial score (nSPS) is 20.3. The first-order valence-electron chi connectivity index (χ1n) is 4.97. The Kier molecular flexibility index (Phi) is 2.44. The minimum atomic E-state index is -3.79. The van der Waals surface area contributed by atoms with Crippen LogP contribution in [0.15, 0.2) is 18.5 Å². The molecule has 0 aromatic carbocycles. The number of nitrogens with zero attached hydrogens (tertiary/aromatic N) is 2. The summed E-state index contributed by atoms with van der Waals surface area (Å²) in [6.45, 7) is 2.60. The van der Waals surface area contributed by atoms with Crippen LogP contribution in [0.5, 0.6) is 0 Å². The maximum Gasteiger partial charge on any atom is 0.337 e. The highest BCUT2D eigenvalue weighted by Crippen LogP contribution is 2.38. The van der Waals surface area contributed by atoms with Crippen LogP contribution in [0.4, 0.5) is 5.69 Å². The van der Waals surface area contributed by atoms with Crippen molar-refractivity contribution < 1.29 is 23.1 Å². The number of aromatic nitrogens is 1. The Labute approximate surface area is 103 Å². The average Bonchev–Trinajstić information content (AvgIpc) is 2.29. The Hall–Kier alpha value is -1.96. The van der Waals surface area contributed by atoms with E-state index in [9.17, 15) is 18.0 Å². The summed E-state index contributed by atoms with van der Waals surface area (Å²) >= 11 is 0. The van der Waals surface area contributed by atoms with Gasteiger partial charge in [-0.3, -0.25) is 9.78 Å². The molecular weight excluding hydrogens is 260 g/mol. The number of pyridine rings is 1. The smallest absolute Gasteiger partial charge is 0.337 e. The molecule has 0 saturated carbocycles. The Morgan fingerprint density at radius 1 is 1.39 bits per heavy atom. The molecule has 0 unspecified atom stereocenters. The third-order valence-electron chi connectivity index (χ3n) is 2.79. The second kappa shape index (κ2) is 3.52. The van der Waals surface area contributed by atoms with Gasteiger partial charge in [-0.25, -0.2) is 17.5 Å². The number of carboxylic acid groups (broad SMARTS) is 1. The summed E-state index contributed by atoms with van der Waals surface area (Å²) in [5.41, 5.74) is -0.237. The Morgan fingerprint density at radius 2 is 2.00 bits per heavy atom. The van der Waals surface area contributed by atoms with Crippen LogP contribution in [-0.2, 0) is 14.8 Å². The number of carboxylic acids is 1. The molecule has 8 heteroatoms. The van der Waals surface area contributed by atoms with E-state index in [-0.39, 0.29) is 11.3 Å². The van der Waals surface area contributed by atoms with Gasteiger partial charge in [0.2, 0.25) is 0 Å². The van der Waals surface area contributed by atoms with E-state index < -0.39 is 26.6 Å². The zero-order valence-corrected chi connectivity index (χ0v) is 10.4. The molecule has 1 aromatic rings. The molecule has 1 fully saturated rings. The molecule has 1 aliphatic heterocycles. The first kappa shape index (κ1) is 12.5. The fraction of sp³-hybridized carbons (Fsp3) is 0.300. The fourth-order valence-electron chi connectivity index (χ4n) is 1.57. The SMILES string of the molecule is CC1(C)C(=O)N(c2cncc(C(=O)O)c2)S1(=O)=O. The van der Waals surface area contributed by atoms with Gasteiger partial charge < -0.3 is 5.11 Å². The van der Waals surface area contributed by atoms with E-state index in [1.807, 2.05) is 0 Å². The second-order valence-corrected chi connectivity index (χ2v) is 6.66. The fourth-order valence-corrected chi connectivity index (χ4v) is 3.03. The van der Waals surface area contributed by atoms with Crippen molar-refractivity contribution in [1.29, 1.82) is 0 Å². The predicted molar refractivity (Wildman–Crippen MR) is 61.7 cm³/mol. The van der Waals surface area contributed by atoms with Crippen molar-refractivity contribution in [2.75, 3.05) is 4.31 Å². The average molecular weight is 270 g/mol. The summed E-state index contributed by atoms with van der Waals surface area (Å²) in [7, 11) is -3.79. The summed E-state index contributed by atoms with van der Waals surface area (Å²) in [5.74, 6) is -1.85. The Bertz CT molecular complexity index is 650. The van der Waals surface area contributed by atoms with Crippen molar-refractivity contribution in [3.63, 3.8) is 0 Å². The third-order valence-corrected chi connectivity index (χ3v) is 5.11. The van der Waals surface area contributed by atoms with Crippen LogP contribution < -0.4 is 4.31 Å². The number of rotatable bonds is 2. The van der Waals surface area contributed by atoms with Crippen LogP contribution in [0.1, 0.15) is 24.2 Å². The summed E-state index contributed by atoms with van der Waals surface area (Å²) in [6, 6.07) is 1.10. The topological polar surface area (TPSA) is 105 Å². The maximum absolute atomic E-state index is 11.9. The van der Waals surface area contributed by atoms with Crippen LogP contribution in [0.2, 0.25) is 0 Å². The highest BCUT2D eigenvalue weighted by molar-refractivity contribution is 7.98. The highest BCUT2D eigenvalue weighted by Gasteiger charge is 2.61. The number of carbonyl (C=O) groups is 2. The van der Waals surface area contributed by atoms with Crippen LogP contribution in [0.3, 0.4) is 0 Å². The van der Waals surface area contributed by atoms with Crippen molar-refractivity contribution in [1.82, 2.24) is 4.98 Å². The first-order chi connectivity index (χ1) is 8.19. The van der Waals surface area contributed by atoms with Gasteiger partial charge in [0.15, 0.2) is 4.75 Å². The number of amides is 1. The molecule has 0 aliphatic carbocycles. The minimum Gasteiger partial charge on any atom is -0.478 e. The number of anilines is 1. The van der Waals surface area contributed by atoms with E-state index in [0.29, 0.717) is 4.31 Å². The number of hydrogen-bond donors (Lipinski definition) is 1. The van der Waals surface area contributed by atoms with E-state index in [1.165, 1.54) is 13.8 Å². The van der Waals surface area contributed by atoms with Crippen LogP contribution in [0.25, 0.3) is 0 Å². The molecule has 96 valence electrons. The molecule has 0 spiro atoms. The number of carbonyl (C=O) groups excluding carboxylic acids is 1. The van der Waals surface area contributed by atoms with E-state index in [0.717, 1.165) is 18.5 Å². The molecule has 1 N–H and O–H groups in total. The molecule has 1 saturated heterocycles. The first-order valence-corrected chi connectivity index (χ1v) is 6.41. The van der Waals surface area contributed by atoms with E-state index >= 15 is 0 Å². The lowest BCUT2D eigenvalue weighted by Crippen LogP contribution is -2.67. The van der Waals surface area contributed by atoms with Crippen LogP contribution in [-0.4, -0.2) is 35.1 Å². The molecule has 0 bridgehead atoms. The highest BCUT2D eigenvalue weighted by atomic mass is 32.2. The molecule has 0 radical (unpaired) electrons. The molecule has 1 aromatic heterocycles. The summed E-state index contributed by atoms with van der Waals surface area (Å²) in [4.78, 5) is 26.1. The lowest BCUT2D eigenvalue weighted by molar-refractivity contribution is -0.120. The largest absolute Gasteiger partial charge is 0.478 e. The van der Waals surface area contributed by atoms with E-state index in [1.54, 1.807) is 0 Å². The molecule has 1 aliphatic rings. The van der Waals surface area contributed by atoms with Gasteiger partial charge in [-0.05, 0) is 19.9 Å². The van der Waals surface area contributed by atoms with Gasteiger partial charge in [-0.2, -0.15) is 0 Å². The zero-order chi connectivity index (χ0) is 13.7. The molecule has 2 rings (SSSR count). The Morgan fingerprint density at radius 3 is 2.50 bits per heavy atom. The van der Waals surface area contributed by atoms with Crippen molar-refractivity contribution in [3.05, 3.63) is 24.0 Å².